The molecule has 3 N–H and O–H groups in total. The molecule has 0 amide bonds. The number of thioether (sulfide) groups is 1. The first-order valence-electron chi connectivity index (χ1n) is 4.42. The van der Waals surface area contributed by atoms with E-state index in [0.717, 1.165) is 24.5 Å². The van der Waals surface area contributed by atoms with Crippen LogP contribution in [0.3, 0.4) is 0 Å². The van der Waals surface area contributed by atoms with E-state index in [1.165, 1.54) is 0 Å². The Labute approximate surface area is 84.9 Å². The van der Waals surface area contributed by atoms with Gasteiger partial charge in [-0.1, -0.05) is 13.8 Å². The molecule has 0 spiro atoms. The zero-order valence-electron chi connectivity index (χ0n) is 8.72. The van der Waals surface area contributed by atoms with Crippen LogP contribution in [-0.4, -0.2) is 31.1 Å². The van der Waals surface area contributed by atoms with Gasteiger partial charge >= 0.3 is 0 Å². The maximum atomic E-state index is 7.36. The molecule has 0 heterocycles. The van der Waals surface area contributed by atoms with Gasteiger partial charge in [0, 0.05) is 18.3 Å². The van der Waals surface area contributed by atoms with Crippen LogP contribution in [0.5, 0.6) is 0 Å². The van der Waals surface area contributed by atoms with Gasteiger partial charge in [-0.25, -0.2) is 0 Å². The number of hydrogen-bond donors (Lipinski definition) is 2. The average molecular weight is 204 g/mol. The summed E-state index contributed by atoms with van der Waals surface area (Å²) in [4.78, 5) is 0. The molecule has 0 aliphatic heterocycles. The van der Waals surface area contributed by atoms with E-state index in [4.69, 9.17) is 15.9 Å². The quantitative estimate of drug-likeness (QED) is 0.377. The molecule has 0 rings (SSSR count). The molecule has 0 aromatic rings. The zero-order valence-corrected chi connectivity index (χ0v) is 9.54. The van der Waals surface area contributed by atoms with Gasteiger partial charge in [0.25, 0.3) is 0 Å². The van der Waals surface area contributed by atoms with Gasteiger partial charge in [0.05, 0.1) is 12.4 Å². The lowest BCUT2D eigenvalue weighted by Crippen LogP contribution is -2.31. The smallest absolute Gasteiger partial charge is 0.0963 e. The van der Waals surface area contributed by atoms with Crippen molar-refractivity contribution in [2.24, 2.45) is 11.1 Å². The fourth-order valence-corrected chi connectivity index (χ4v) is 1.85. The van der Waals surface area contributed by atoms with Crippen molar-refractivity contribution < 1.29 is 4.74 Å². The number of nitrogens with two attached hydrogens (primary N) is 1. The fraction of sp³-hybridized carbons (Fsp3) is 0.889. The molecule has 0 aliphatic rings. The highest BCUT2D eigenvalue weighted by molar-refractivity contribution is 7.99. The number of hydrogen-bond acceptors (Lipinski definition) is 3. The van der Waals surface area contributed by atoms with Crippen molar-refractivity contribution in [3.63, 3.8) is 0 Å². The number of rotatable bonds is 7. The van der Waals surface area contributed by atoms with Crippen LogP contribution in [0, 0.1) is 10.8 Å². The summed E-state index contributed by atoms with van der Waals surface area (Å²) in [6, 6.07) is 0. The lowest BCUT2D eigenvalue weighted by molar-refractivity contribution is 0.218. The Kier molecular flexibility index (Phi) is 6.16. The topological polar surface area (TPSA) is 59.1 Å². The number of amidine groups is 1. The molecule has 3 nitrogen and oxygen atoms in total. The minimum absolute atomic E-state index is 0.153. The summed E-state index contributed by atoms with van der Waals surface area (Å²) in [5.41, 5.74) is 5.31. The third kappa shape index (κ3) is 5.93. The molecule has 0 aromatic carbocycles. The van der Waals surface area contributed by atoms with Gasteiger partial charge in [-0.3, -0.25) is 5.41 Å². The summed E-state index contributed by atoms with van der Waals surface area (Å²) >= 11 is 1.84. The van der Waals surface area contributed by atoms with Crippen LogP contribution >= 0.6 is 11.8 Å². The van der Waals surface area contributed by atoms with Crippen molar-refractivity contribution in [3.8, 4) is 0 Å². The molecule has 4 heteroatoms. The van der Waals surface area contributed by atoms with Crippen LogP contribution in [-0.2, 0) is 4.74 Å². The van der Waals surface area contributed by atoms with Gasteiger partial charge in [-0.2, -0.15) is 11.8 Å². The molecule has 0 saturated heterocycles. The molecule has 0 unspecified atom stereocenters. The molecule has 13 heavy (non-hydrogen) atoms. The highest BCUT2D eigenvalue weighted by Gasteiger charge is 2.20. The molecule has 0 atom stereocenters. The molecule has 0 saturated carbocycles. The van der Waals surface area contributed by atoms with Crippen LogP contribution in [0.15, 0.2) is 0 Å². The number of ether oxygens (including phenoxy) is 1. The van der Waals surface area contributed by atoms with Gasteiger partial charge in [0.2, 0.25) is 0 Å². The molecule has 0 radical (unpaired) electrons. The van der Waals surface area contributed by atoms with Gasteiger partial charge < -0.3 is 10.5 Å². The Morgan fingerprint density at radius 2 is 2.08 bits per heavy atom. The SMILES string of the molecule is COCCSCCC(C)(C)C(=N)N. The third-order valence-electron chi connectivity index (χ3n) is 2.03. The predicted molar refractivity (Wildman–Crippen MR) is 59.5 cm³/mol. The van der Waals surface area contributed by atoms with E-state index < -0.39 is 0 Å². The van der Waals surface area contributed by atoms with Gasteiger partial charge in [-0.05, 0) is 12.2 Å². The van der Waals surface area contributed by atoms with Crippen LogP contribution in [0.2, 0.25) is 0 Å². The Morgan fingerprint density at radius 1 is 1.46 bits per heavy atom. The molecule has 78 valence electrons. The average Bonchev–Trinajstić information content (AvgIpc) is 2.03. The van der Waals surface area contributed by atoms with E-state index in [1.807, 2.05) is 25.6 Å². The van der Waals surface area contributed by atoms with E-state index in [-0.39, 0.29) is 11.3 Å². The summed E-state index contributed by atoms with van der Waals surface area (Å²) in [7, 11) is 1.71. The highest BCUT2D eigenvalue weighted by Crippen LogP contribution is 2.22. The number of nitrogens with one attached hydrogen (secondary N) is 1. The lowest BCUT2D eigenvalue weighted by atomic mass is 9.89. The first-order chi connectivity index (χ1) is 6.00. The largest absolute Gasteiger partial charge is 0.387 e. The van der Waals surface area contributed by atoms with Crippen molar-refractivity contribution in [1.29, 1.82) is 5.41 Å². The van der Waals surface area contributed by atoms with Crippen LogP contribution < -0.4 is 5.73 Å². The maximum absolute atomic E-state index is 7.36. The third-order valence-corrected chi connectivity index (χ3v) is 2.98. The predicted octanol–water partition coefficient (Wildman–Crippen LogP) is 1.72. The molecule has 0 aliphatic carbocycles. The Morgan fingerprint density at radius 3 is 2.54 bits per heavy atom. The summed E-state index contributed by atoms with van der Waals surface area (Å²) < 4.78 is 4.93. The van der Waals surface area contributed by atoms with E-state index >= 15 is 0 Å². The second-order valence-electron chi connectivity index (χ2n) is 3.65. The van der Waals surface area contributed by atoms with E-state index in [0.29, 0.717) is 0 Å². The Balaban J connectivity index is 3.46. The number of methoxy groups -OCH3 is 1. The summed E-state index contributed by atoms with van der Waals surface area (Å²) in [5, 5.41) is 7.36. The lowest BCUT2D eigenvalue weighted by Gasteiger charge is -2.22. The highest BCUT2D eigenvalue weighted by atomic mass is 32.2. The second-order valence-corrected chi connectivity index (χ2v) is 4.88. The molecule has 0 fully saturated rings. The zero-order chi connectivity index (χ0) is 10.3. The van der Waals surface area contributed by atoms with Crippen molar-refractivity contribution in [2.75, 3.05) is 25.2 Å². The monoisotopic (exact) mass is 204 g/mol. The molecule has 0 bridgehead atoms. The summed E-state index contributed by atoms with van der Waals surface area (Å²) in [6.07, 6.45) is 0.955. The van der Waals surface area contributed by atoms with E-state index in [1.54, 1.807) is 7.11 Å². The van der Waals surface area contributed by atoms with Gasteiger partial charge in [0.1, 0.15) is 0 Å². The van der Waals surface area contributed by atoms with Crippen LogP contribution in [0.25, 0.3) is 0 Å². The van der Waals surface area contributed by atoms with Crippen molar-refractivity contribution >= 4 is 17.6 Å². The van der Waals surface area contributed by atoms with Gasteiger partial charge in [0.15, 0.2) is 0 Å². The van der Waals surface area contributed by atoms with Crippen LogP contribution in [0.4, 0.5) is 0 Å². The molecule has 0 aromatic heterocycles. The molecular formula is C9H20N2OS. The summed E-state index contributed by atoms with van der Waals surface area (Å²) in [5.74, 6) is 2.33. The molecular weight excluding hydrogens is 184 g/mol. The Bertz CT molecular complexity index is 160. The first-order valence-corrected chi connectivity index (χ1v) is 5.57. The first kappa shape index (κ1) is 12.8. The normalized spacial score (nSPS) is 11.6. The Hall–Kier alpha value is -0.220. The van der Waals surface area contributed by atoms with Crippen molar-refractivity contribution in [1.82, 2.24) is 0 Å². The second kappa shape index (κ2) is 6.27. The van der Waals surface area contributed by atoms with Crippen LogP contribution in [0.1, 0.15) is 20.3 Å². The van der Waals surface area contributed by atoms with Gasteiger partial charge in [-0.15, -0.1) is 0 Å². The minimum Gasteiger partial charge on any atom is -0.387 e. The minimum atomic E-state index is -0.153. The standard InChI is InChI=1S/C9H20N2OS/c1-9(2,8(10)11)4-6-13-7-5-12-3/h4-7H2,1-3H3,(H3,10,11). The summed E-state index contributed by atoms with van der Waals surface area (Å²) in [6.45, 7) is 4.81. The van der Waals surface area contributed by atoms with E-state index in [9.17, 15) is 0 Å². The fourth-order valence-electron chi connectivity index (χ4n) is 0.706. The van der Waals surface area contributed by atoms with Crippen molar-refractivity contribution in [2.45, 2.75) is 20.3 Å². The maximum Gasteiger partial charge on any atom is 0.0963 e. The van der Waals surface area contributed by atoms with Crippen molar-refractivity contribution in [3.05, 3.63) is 0 Å². The van der Waals surface area contributed by atoms with E-state index in [2.05, 4.69) is 0 Å².